The second-order valence-electron chi connectivity index (χ2n) is 19.0. The zero-order chi connectivity index (χ0) is 43.2. The average Bonchev–Trinajstić information content (AvgIpc) is 3.17. The van der Waals surface area contributed by atoms with E-state index in [1.54, 1.807) is 50.0 Å². The van der Waals surface area contributed by atoms with Gasteiger partial charge in [0.25, 0.3) is 0 Å². The Balaban J connectivity index is 0.000000182. The highest BCUT2D eigenvalue weighted by atomic mass is 16.5. The van der Waals surface area contributed by atoms with E-state index >= 15 is 0 Å². The summed E-state index contributed by atoms with van der Waals surface area (Å²) in [6.45, 7) is 18.0. The summed E-state index contributed by atoms with van der Waals surface area (Å²) in [7, 11) is 5.76. The number of benzene rings is 2. The van der Waals surface area contributed by atoms with Crippen molar-refractivity contribution in [3.8, 4) is 39.8 Å². The molecule has 0 amide bonds. The van der Waals surface area contributed by atoms with E-state index in [1.165, 1.54) is 0 Å². The Kier molecular flexibility index (Phi) is 11.3. The van der Waals surface area contributed by atoms with E-state index in [2.05, 4.69) is 125 Å². The Morgan fingerprint density at radius 1 is 0.550 bits per heavy atom. The Labute approximate surface area is 352 Å². The fourth-order valence-electron chi connectivity index (χ4n) is 9.52. The van der Waals surface area contributed by atoms with Gasteiger partial charge in [0.2, 0.25) is 0 Å². The molecule has 2 aliphatic rings. The minimum absolute atomic E-state index is 0.0546. The summed E-state index contributed by atoms with van der Waals surface area (Å²) >= 11 is 0. The maximum Gasteiger partial charge on any atom is 0.151 e. The molecule has 14 heteroatoms. The zero-order valence-electron chi connectivity index (χ0n) is 36.7. The number of pyridine rings is 1. The SMILES string of the molecule is CN(c1ccc(-c2cc3nccnc3cc2O)nn1)C1CC(C)(C)NC(C)(C)C1.COc1ccnc2cc(-c3ccc(N(C)C4CC(C)(C)NC(C)(C)C4)nn3)c(O)cc12. The van der Waals surface area contributed by atoms with E-state index in [0.717, 1.165) is 48.2 Å². The number of aromatic hydroxyl groups is 2. The molecule has 316 valence electrons. The van der Waals surface area contributed by atoms with Crippen LogP contribution in [0.1, 0.15) is 81.1 Å². The first kappa shape index (κ1) is 42.4. The number of hydrogen-bond donors (Lipinski definition) is 4. The number of hydrogen-bond acceptors (Lipinski definition) is 14. The molecule has 4 aromatic heterocycles. The molecule has 14 nitrogen and oxygen atoms in total. The molecule has 0 unspecified atom stereocenters. The number of nitrogens with zero attached hydrogens (tertiary/aromatic N) is 9. The highest BCUT2D eigenvalue weighted by molar-refractivity contribution is 5.91. The monoisotopic (exact) mass is 813 g/mol. The predicted molar refractivity (Wildman–Crippen MR) is 239 cm³/mol. The van der Waals surface area contributed by atoms with Gasteiger partial charge in [0.15, 0.2) is 11.6 Å². The van der Waals surface area contributed by atoms with Crippen LogP contribution >= 0.6 is 0 Å². The van der Waals surface area contributed by atoms with Crippen molar-refractivity contribution in [2.45, 2.75) is 115 Å². The number of methoxy groups -OCH3 is 1. The molecule has 6 heterocycles. The zero-order valence-corrected chi connectivity index (χ0v) is 36.7. The van der Waals surface area contributed by atoms with Crippen LogP contribution in [0, 0.1) is 0 Å². The molecule has 2 aliphatic heterocycles. The summed E-state index contributed by atoms with van der Waals surface area (Å²) in [6, 6.07) is 17.1. The van der Waals surface area contributed by atoms with Gasteiger partial charge in [0, 0.05) is 89.5 Å². The number of aromatic nitrogens is 7. The van der Waals surface area contributed by atoms with Gasteiger partial charge in [-0.05, 0) is 130 Å². The highest BCUT2D eigenvalue weighted by Gasteiger charge is 2.41. The van der Waals surface area contributed by atoms with Crippen LogP contribution in [0.15, 0.2) is 73.2 Å². The molecule has 6 aromatic rings. The van der Waals surface area contributed by atoms with E-state index in [1.807, 2.05) is 30.3 Å². The van der Waals surface area contributed by atoms with Crippen molar-refractivity contribution in [2.75, 3.05) is 31.0 Å². The van der Waals surface area contributed by atoms with Gasteiger partial charge < -0.3 is 35.4 Å². The molecule has 2 fully saturated rings. The first-order valence-corrected chi connectivity index (χ1v) is 20.5. The molecule has 2 aromatic carbocycles. The van der Waals surface area contributed by atoms with Crippen molar-refractivity contribution in [2.24, 2.45) is 0 Å². The Bertz CT molecular complexity index is 2440. The molecule has 0 spiro atoms. The van der Waals surface area contributed by atoms with Crippen LogP contribution in [0.5, 0.6) is 17.2 Å². The number of ether oxygens (including phenoxy) is 1. The second kappa shape index (κ2) is 16.0. The number of phenols is 2. The molecule has 0 saturated carbocycles. The fourth-order valence-corrected chi connectivity index (χ4v) is 9.52. The summed E-state index contributed by atoms with van der Waals surface area (Å²) in [5, 5.41) is 47.0. The summed E-state index contributed by atoms with van der Waals surface area (Å²) in [5.41, 5.74) is 4.73. The molecular formula is C46H59N11O3. The minimum Gasteiger partial charge on any atom is -0.507 e. The van der Waals surface area contributed by atoms with Crippen molar-refractivity contribution in [3.63, 3.8) is 0 Å². The van der Waals surface area contributed by atoms with Crippen molar-refractivity contribution < 1.29 is 14.9 Å². The van der Waals surface area contributed by atoms with Crippen molar-refractivity contribution in [3.05, 3.63) is 73.2 Å². The van der Waals surface area contributed by atoms with Gasteiger partial charge >= 0.3 is 0 Å². The molecule has 4 N–H and O–H groups in total. The molecule has 60 heavy (non-hydrogen) atoms. The number of phenolic OH excluding ortho intramolecular Hbond substituents is 2. The van der Waals surface area contributed by atoms with E-state index in [4.69, 9.17) is 4.74 Å². The molecule has 0 bridgehead atoms. The Hall–Kier alpha value is -5.73. The first-order valence-electron chi connectivity index (χ1n) is 20.5. The van der Waals surface area contributed by atoms with Crippen LogP contribution in [0.25, 0.3) is 44.5 Å². The van der Waals surface area contributed by atoms with Gasteiger partial charge in [-0.2, -0.15) is 0 Å². The molecule has 0 aliphatic carbocycles. The number of anilines is 2. The predicted octanol–water partition coefficient (Wildman–Crippen LogP) is 7.69. The van der Waals surface area contributed by atoms with Crippen LogP contribution in [0.3, 0.4) is 0 Å². The van der Waals surface area contributed by atoms with Crippen LogP contribution in [-0.2, 0) is 0 Å². The van der Waals surface area contributed by atoms with Gasteiger partial charge in [-0.3, -0.25) is 15.0 Å². The molecule has 0 atom stereocenters. The lowest BCUT2D eigenvalue weighted by atomic mass is 9.79. The molecule has 0 radical (unpaired) electrons. The highest BCUT2D eigenvalue weighted by Crippen LogP contribution is 2.38. The fraction of sp³-hybridized carbons (Fsp3) is 0.457. The van der Waals surface area contributed by atoms with Gasteiger partial charge in [-0.25, -0.2) is 0 Å². The maximum absolute atomic E-state index is 10.6. The van der Waals surface area contributed by atoms with Crippen LogP contribution < -0.4 is 25.2 Å². The van der Waals surface area contributed by atoms with Crippen molar-refractivity contribution >= 4 is 33.6 Å². The molecular weight excluding hydrogens is 755 g/mol. The van der Waals surface area contributed by atoms with E-state index in [9.17, 15) is 10.2 Å². The number of fused-ring (bicyclic) bond motifs is 2. The Morgan fingerprint density at radius 3 is 1.40 bits per heavy atom. The van der Waals surface area contributed by atoms with Crippen LogP contribution in [0.4, 0.5) is 11.6 Å². The first-order chi connectivity index (χ1) is 28.2. The lowest BCUT2D eigenvalue weighted by Gasteiger charge is -2.49. The van der Waals surface area contributed by atoms with Crippen LogP contribution in [-0.4, -0.2) is 101 Å². The van der Waals surface area contributed by atoms with Gasteiger partial charge in [-0.1, -0.05) is 0 Å². The van der Waals surface area contributed by atoms with E-state index in [-0.39, 0.29) is 33.7 Å². The van der Waals surface area contributed by atoms with Crippen molar-refractivity contribution in [1.82, 2.24) is 46.0 Å². The maximum atomic E-state index is 10.6. The minimum atomic E-state index is 0.0546. The van der Waals surface area contributed by atoms with Crippen LogP contribution in [0.2, 0.25) is 0 Å². The third-order valence-corrected chi connectivity index (χ3v) is 11.6. The Morgan fingerprint density at radius 2 is 0.967 bits per heavy atom. The average molecular weight is 814 g/mol. The third-order valence-electron chi connectivity index (χ3n) is 11.6. The van der Waals surface area contributed by atoms with E-state index in [0.29, 0.717) is 51.4 Å². The number of nitrogens with one attached hydrogen (secondary N) is 2. The smallest absolute Gasteiger partial charge is 0.151 e. The van der Waals surface area contributed by atoms with Gasteiger partial charge in [-0.15, -0.1) is 20.4 Å². The quantitative estimate of drug-likeness (QED) is 0.124. The summed E-state index contributed by atoms with van der Waals surface area (Å²) in [5.74, 6) is 2.56. The lowest BCUT2D eigenvalue weighted by Crippen LogP contribution is -2.62. The van der Waals surface area contributed by atoms with Gasteiger partial charge in [0.1, 0.15) is 17.2 Å². The summed E-state index contributed by atoms with van der Waals surface area (Å²) in [6.07, 6.45) is 9.03. The largest absolute Gasteiger partial charge is 0.507 e. The standard InChI is InChI=1S/C24H31N5O2.C22H28N6O/c1-23(2)13-15(14-24(3,4)28-23)29(5)22-8-7-18(26-27-22)16-11-19-17(12-20(16)30)21(31-6)9-10-25-19;1-21(2)12-14(13-22(3,4)27-21)28(5)20-7-6-16(25-26-20)15-10-17-18(11-19(15)29)24-9-8-23-17/h7-12,15,28,30H,13-14H2,1-6H3;6-11,14,27,29H,12-13H2,1-5H3. The molecule has 8 rings (SSSR count). The lowest BCUT2D eigenvalue weighted by molar-refractivity contribution is 0.160. The molecule has 2 saturated heterocycles. The normalized spacial score (nSPS) is 18.4. The second-order valence-corrected chi connectivity index (χ2v) is 19.0. The van der Waals surface area contributed by atoms with Gasteiger partial charge in [0.05, 0.1) is 35.0 Å². The third kappa shape index (κ3) is 9.34. The van der Waals surface area contributed by atoms with Crippen molar-refractivity contribution in [1.29, 1.82) is 0 Å². The van der Waals surface area contributed by atoms with E-state index < -0.39 is 0 Å². The number of rotatable bonds is 7. The topological polar surface area (TPSA) is 170 Å². The number of piperidine rings is 2. The summed E-state index contributed by atoms with van der Waals surface area (Å²) < 4.78 is 5.37. The summed E-state index contributed by atoms with van der Waals surface area (Å²) in [4.78, 5) is 17.4.